The van der Waals surface area contributed by atoms with E-state index in [1.54, 1.807) is 7.11 Å². The minimum atomic E-state index is 0.194. The molecule has 0 saturated carbocycles. The average molecular weight is 274 g/mol. The first-order chi connectivity index (χ1) is 9.52. The molecule has 2 aromatic rings. The van der Waals surface area contributed by atoms with Crippen molar-refractivity contribution in [1.29, 1.82) is 0 Å². The maximum absolute atomic E-state index is 5.46. The van der Waals surface area contributed by atoms with Crippen LogP contribution in [0.25, 0.3) is 0 Å². The summed E-state index contributed by atoms with van der Waals surface area (Å²) >= 11 is 0. The lowest BCUT2D eigenvalue weighted by Crippen LogP contribution is -2.19. The van der Waals surface area contributed by atoms with Crippen LogP contribution in [0, 0.1) is 20.8 Å². The van der Waals surface area contributed by atoms with Crippen LogP contribution in [-0.4, -0.2) is 12.3 Å². The molecule has 0 aliphatic rings. The molecule has 1 heterocycles. The van der Waals surface area contributed by atoms with Gasteiger partial charge in [-0.25, -0.2) is 0 Å². The van der Waals surface area contributed by atoms with Crippen LogP contribution < -0.4 is 10.1 Å². The van der Waals surface area contributed by atoms with Crippen LogP contribution in [0.5, 0.6) is 5.75 Å². The number of hydrogen-bond donors (Lipinski definition) is 1. The zero-order valence-electron chi connectivity index (χ0n) is 12.8. The second-order valence-electron chi connectivity index (χ2n) is 5.15. The first kappa shape index (κ1) is 14.6. The molecular weight excluding hydrogens is 252 g/mol. The van der Waals surface area contributed by atoms with Crippen molar-refractivity contribution in [2.24, 2.45) is 0 Å². The molecule has 4 nitrogen and oxygen atoms in total. The summed E-state index contributed by atoms with van der Waals surface area (Å²) in [6.07, 6.45) is 0. The van der Waals surface area contributed by atoms with Crippen molar-refractivity contribution in [2.75, 3.05) is 7.11 Å². The summed E-state index contributed by atoms with van der Waals surface area (Å²) in [5, 5.41) is 7.47. The third-order valence-electron chi connectivity index (χ3n) is 3.62. The zero-order chi connectivity index (χ0) is 14.7. The highest BCUT2D eigenvalue weighted by atomic mass is 16.5. The second-order valence-corrected chi connectivity index (χ2v) is 5.15. The van der Waals surface area contributed by atoms with Crippen molar-refractivity contribution in [1.82, 2.24) is 10.5 Å². The minimum absolute atomic E-state index is 0.194. The van der Waals surface area contributed by atoms with Gasteiger partial charge in [-0.05, 0) is 39.3 Å². The van der Waals surface area contributed by atoms with Crippen molar-refractivity contribution in [2.45, 2.75) is 40.3 Å². The van der Waals surface area contributed by atoms with Gasteiger partial charge in [0.15, 0.2) is 0 Å². The monoisotopic (exact) mass is 274 g/mol. The molecule has 0 spiro atoms. The number of methoxy groups -OCH3 is 1. The van der Waals surface area contributed by atoms with Gasteiger partial charge in [-0.1, -0.05) is 17.3 Å². The summed E-state index contributed by atoms with van der Waals surface area (Å²) < 4.78 is 10.6. The third-order valence-corrected chi connectivity index (χ3v) is 3.62. The van der Waals surface area contributed by atoms with Crippen molar-refractivity contribution in [3.63, 3.8) is 0 Å². The highest BCUT2D eigenvalue weighted by Crippen LogP contribution is 2.26. The molecule has 0 amide bonds. The molecule has 1 aromatic carbocycles. The summed E-state index contributed by atoms with van der Waals surface area (Å²) in [5.74, 6) is 1.79. The molecule has 0 fully saturated rings. The first-order valence-electron chi connectivity index (χ1n) is 6.82. The Morgan fingerprint density at radius 3 is 2.65 bits per heavy atom. The van der Waals surface area contributed by atoms with E-state index < -0.39 is 0 Å². The first-order valence-corrected chi connectivity index (χ1v) is 6.82. The van der Waals surface area contributed by atoms with E-state index in [-0.39, 0.29) is 6.04 Å². The van der Waals surface area contributed by atoms with E-state index in [0.29, 0.717) is 0 Å². The standard InChI is InChI=1S/C16H22N2O2/c1-10-6-7-14(16(8-10)19-5)11(2)17-9-15-12(3)18-20-13(15)4/h6-8,11,17H,9H2,1-5H3. The molecule has 4 heteroatoms. The van der Waals surface area contributed by atoms with Gasteiger partial charge in [-0.2, -0.15) is 0 Å². The van der Waals surface area contributed by atoms with Crippen LogP contribution in [0.15, 0.2) is 22.7 Å². The number of benzene rings is 1. The smallest absolute Gasteiger partial charge is 0.138 e. The Balaban J connectivity index is 2.11. The van der Waals surface area contributed by atoms with Crippen molar-refractivity contribution < 1.29 is 9.26 Å². The van der Waals surface area contributed by atoms with Crippen LogP contribution >= 0.6 is 0 Å². The maximum Gasteiger partial charge on any atom is 0.138 e. The summed E-state index contributed by atoms with van der Waals surface area (Å²) in [5.41, 5.74) is 4.43. The van der Waals surface area contributed by atoms with Gasteiger partial charge in [0.25, 0.3) is 0 Å². The lowest BCUT2D eigenvalue weighted by atomic mass is 10.0. The van der Waals surface area contributed by atoms with Crippen molar-refractivity contribution >= 4 is 0 Å². The Hall–Kier alpha value is -1.81. The summed E-state index contributed by atoms with van der Waals surface area (Å²) in [6.45, 7) is 8.83. The van der Waals surface area contributed by atoms with E-state index in [9.17, 15) is 0 Å². The normalized spacial score (nSPS) is 12.4. The van der Waals surface area contributed by atoms with E-state index in [0.717, 1.165) is 34.9 Å². The Kier molecular flexibility index (Phi) is 4.45. The third kappa shape index (κ3) is 3.02. The molecule has 0 aliphatic heterocycles. The summed E-state index contributed by atoms with van der Waals surface area (Å²) in [6, 6.07) is 6.47. The Bertz CT molecular complexity index is 571. The number of nitrogens with zero attached hydrogens (tertiary/aromatic N) is 1. The SMILES string of the molecule is COc1cc(C)ccc1C(C)NCc1c(C)noc1C. The summed E-state index contributed by atoms with van der Waals surface area (Å²) in [4.78, 5) is 0. The summed E-state index contributed by atoms with van der Waals surface area (Å²) in [7, 11) is 1.71. The Morgan fingerprint density at radius 1 is 1.30 bits per heavy atom. The topological polar surface area (TPSA) is 47.3 Å². The molecule has 1 N–H and O–H groups in total. The zero-order valence-corrected chi connectivity index (χ0v) is 12.8. The van der Waals surface area contributed by atoms with Crippen molar-refractivity contribution in [3.05, 3.63) is 46.3 Å². The van der Waals surface area contributed by atoms with Crippen LogP contribution in [0.3, 0.4) is 0 Å². The fraction of sp³-hybridized carbons (Fsp3) is 0.438. The Morgan fingerprint density at radius 2 is 2.05 bits per heavy atom. The molecule has 108 valence electrons. The molecule has 0 bridgehead atoms. The molecule has 0 radical (unpaired) electrons. The second kappa shape index (κ2) is 6.09. The molecule has 1 aromatic heterocycles. The van der Waals surface area contributed by atoms with Gasteiger partial charge in [0, 0.05) is 23.7 Å². The lowest BCUT2D eigenvalue weighted by Gasteiger charge is -2.17. The van der Waals surface area contributed by atoms with E-state index in [1.807, 2.05) is 13.8 Å². The molecule has 1 atom stereocenters. The Labute approximate surface area is 120 Å². The fourth-order valence-corrected chi connectivity index (χ4v) is 2.30. The number of hydrogen-bond acceptors (Lipinski definition) is 4. The predicted octanol–water partition coefficient (Wildman–Crippen LogP) is 3.46. The van der Waals surface area contributed by atoms with Gasteiger partial charge < -0.3 is 14.6 Å². The van der Waals surface area contributed by atoms with Crippen LogP contribution in [-0.2, 0) is 6.54 Å². The van der Waals surface area contributed by atoms with Crippen LogP contribution in [0.4, 0.5) is 0 Å². The van der Waals surface area contributed by atoms with E-state index in [4.69, 9.17) is 9.26 Å². The number of rotatable bonds is 5. The van der Waals surface area contributed by atoms with Gasteiger partial charge in [-0.15, -0.1) is 0 Å². The van der Waals surface area contributed by atoms with Gasteiger partial charge in [-0.3, -0.25) is 0 Å². The van der Waals surface area contributed by atoms with Gasteiger partial charge in [0.2, 0.25) is 0 Å². The largest absolute Gasteiger partial charge is 0.496 e. The van der Waals surface area contributed by atoms with Gasteiger partial charge in [0.1, 0.15) is 11.5 Å². The van der Waals surface area contributed by atoms with Gasteiger partial charge >= 0.3 is 0 Å². The quantitative estimate of drug-likeness (QED) is 0.907. The van der Waals surface area contributed by atoms with E-state index >= 15 is 0 Å². The highest BCUT2D eigenvalue weighted by molar-refractivity contribution is 5.39. The van der Waals surface area contributed by atoms with Crippen LogP contribution in [0.1, 0.15) is 41.1 Å². The molecule has 0 aliphatic carbocycles. The lowest BCUT2D eigenvalue weighted by molar-refractivity contribution is 0.390. The molecule has 20 heavy (non-hydrogen) atoms. The average Bonchev–Trinajstić information content (AvgIpc) is 2.75. The number of aryl methyl sites for hydroxylation is 3. The molecule has 1 unspecified atom stereocenters. The number of nitrogens with one attached hydrogen (secondary N) is 1. The number of ether oxygens (including phenoxy) is 1. The number of aromatic nitrogens is 1. The molecular formula is C16H22N2O2. The minimum Gasteiger partial charge on any atom is -0.496 e. The van der Waals surface area contributed by atoms with Crippen LogP contribution in [0.2, 0.25) is 0 Å². The van der Waals surface area contributed by atoms with E-state index in [2.05, 4.69) is 42.5 Å². The van der Waals surface area contributed by atoms with Crippen molar-refractivity contribution in [3.8, 4) is 5.75 Å². The molecule has 2 rings (SSSR count). The predicted molar refractivity (Wildman–Crippen MR) is 79.0 cm³/mol. The van der Waals surface area contributed by atoms with E-state index in [1.165, 1.54) is 5.56 Å². The van der Waals surface area contributed by atoms with Gasteiger partial charge in [0.05, 0.1) is 12.8 Å². The fourth-order valence-electron chi connectivity index (χ4n) is 2.30. The molecule has 0 saturated heterocycles. The maximum atomic E-state index is 5.46. The highest BCUT2D eigenvalue weighted by Gasteiger charge is 2.14.